The second kappa shape index (κ2) is 3.76. The summed E-state index contributed by atoms with van der Waals surface area (Å²) in [7, 11) is 1.62. The molecule has 0 unspecified atom stereocenters. The van der Waals surface area contributed by atoms with E-state index in [2.05, 4.69) is 5.10 Å². The minimum atomic E-state index is -0.427. The van der Waals surface area contributed by atoms with Crippen molar-refractivity contribution < 1.29 is 8.81 Å². The number of aryl methyl sites for hydroxylation is 3. The molecule has 0 aliphatic heterocycles. The Morgan fingerprint density at radius 3 is 2.87 bits per heavy atom. The van der Waals surface area contributed by atoms with E-state index in [1.165, 1.54) is 4.68 Å². The first-order valence-corrected chi connectivity index (χ1v) is 4.67. The molecule has 0 aliphatic carbocycles. The SMILES string of the molecule is Cn1nc(CCc2ccco2)c(F)c1N. The van der Waals surface area contributed by atoms with Gasteiger partial charge in [-0.15, -0.1) is 0 Å². The highest BCUT2D eigenvalue weighted by Gasteiger charge is 2.13. The van der Waals surface area contributed by atoms with Crippen LogP contribution in [0.25, 0.3) is 0 Å². The fourth-order valence-electron chi connectivity index (χ4n) is 1.42. The lowest BCUT2D eigenvalue weighted by Gasteiger charge is -1.93. The van der Waals surface area contributed by atoms with E-state index < -0.39 is 5.82 Å². The van der Waals surface area contributed by atoms with Gasteiger partial charge in [-0.05, 0) is 12.1 Å². The fraction of sp³-hybridized carbons (Fsp3) is 0.300. The molecule has 2 heterocycles. The molecule has 0 amide bonds. The van der Waals surface area contributed by atoms with Gasteiger partial charge >= 0.3 is 0 Å². The van der Waals surface area contributed by atoms with Gasteiger partial charge in [0.15, 0.2) is 11.6 Å². The van der Waals surface area contributed by atoms with Crippen LogP contribution in [-0.4, -0.2) is 9.78 Å². The zero-order valence-electron chi connectivity index (χ0n) is 8.40. The van der Waals surface area contributed by atoms with Crippen LogP contribution < -0.4 is 5.73 Å². The average molecular weight is 209 g/mol. The number of halogens is 1. The Balaban J connectivity index is 2.08. The van der Waals surface area contributed by atoms with Crippen LogP contribution in [0, 0.1) is 5.82 Å². The third-order valence-electron chi connectivity index (χ3n) is 2.29. The summed E-state index contributed by atoms with van der Waals surface area (Å²) >= 11 is 0. The van der Waals surface area contributed by atoms with E-state index in [0.29, 0.717) is 18.5 Å². The zero-order valence-corrected chi connectivity index (χ0v) is 8.40. The molecular formula is C10H12FN3O. The van der Waals surface area contributed by atoms with Crippen LogP contribution in [-0.2, 0) is 19.9 Å². The van der Waals surface area contributed by atoms with Crippen molar-refractivity contribution in [1.82, 2.24) is 9.78 Å². The van der Waals surface area contributed by atoms with Crippen molar-refractivity contribution in [1.29, 1.82) is 0 Å². The Hall–Kier alpha value is -1.78. The number of rotatable bonds is 3. The van der Waals surface area contributed by atoms with Crippen LogP contribution in [0.2, 0.25) is 0 Å². The number of hydrogen-bond acceptors (Lipinski definition) is 3. The first kappa shape index (κ1) is 9.76. The van der Waals surface area contributed by atoms with Crippen LogP contribution in [0.5, 0.6) is 0 Å². The largest absolute Gasteiger partial charge is 0.469 e. The maximum Gasteiger partial charge on any atom is 0.188 e. The predicted octanol–water partition coefficient (Wildman–Crippen LogP) is 1.52. The van der Waals surface area contributed by atoms with Gasteiger partial charge in [0.1, 0.15) is 11.5 Å². The van der Waals surface area contributed by atoms with Crippen molar-refractivity contribution in [3.63, 3.8) is 0 Å². The van der Waals surface area contributed by atoms with Gasteiger partial charge < -0.3 is 10.2 Å². The van der Waals surface area contributed by atoms with E-state index in [0.717, 1.165) is 5.76 Å². The standard InChI is InChI=1S/C10H12FN3O/c1-14-10(12)9(11)8(13-14)5-4-7-3-2-6-15-7/h2-3,6H,4-5,12H2,1H3. The highest BCUT2D eigenvalue weighted by molar-refractivity contribution is 5.33. The summed E-state index contributed by atoms with van der Waals surface area (Å²) < 4.78 is 19.9. The summed E-state index contributed by atoms with van der Waals surface area (Å²) in [5.41, 5.74) is 5.83. The van der Waals surface area contributed by atoms with Crippen LogP contribution in [0.3, 0.4) is 0 Å². The van der Waals surface area contributed by atoms with E-state index in [1.54, 1.807) is 19.4 Å². The highest BCUT2D eigenvalue weighted by Crippen LogP contribution is 2.15. The van der Waals surface area contributed by atoms with Gasteiger partial charge in [-0.1, -0.05) is 0 Å². The molecule has 15 heavy (non-hydrogen) atoms. The van der Waals surface area contributed by atoms with Crippen molar-refractivity contribution in [2.45, 2.75) is 12.8 Å². The summed E-state index contributed by atoms with van der Waals surface area (Å²) in [6, 6.07) is 3.66. The van der Waals surface area contributed by atoms with Gasteiger partial charge in [0.25, 0.3) is 0 Å². The Kier molecular flexibility index (Phi) is 2.45. The molecule has 80 valence electrons. The second-order valence-corrected chi connectivity index (χ2v) is 3.35. The van der Waals surface area contributed by atoms with Crippen molar-refractivity contribution in [3.05, 3.63) is 35.7 Å². The van der Waals surface area contributed by atoms with E-state index in [1.807, 2.05) is 6.07 Å². The molecular weight excluding hydrogens is 197 g/mol. The predicted molar refractivity (Wildman–Crippen MR) is 53.7 cm³/mol. The zero-order chi connectivity index (χ0) is 10.8. The molecule has 0 spiro atoms. The third kappa shape index (κ3) is 1.86. The van der Waals surface area contributed by atoms with Gasteiger partial charge in [0.2, 0.25) is 0 Å². The minimum absolute atomic E-state index is 0.0736. The van der Waals surface area contributed by atoms with Gasteiger partial charge in [0, 0.05) is 19.9 Å². The van der Waals surface area contributed by atoms with Gasteiger partial charge in [-0.3, -0.25) is 4.68 Å². The van der Waals surface area contributed by atoms with Crippen molar-refractivity contribution in [2.24, 2.45) is 7.05 Å². The normalized spacial score (nSPS) is 10.8. The number of nitrogens with zero attached hydrogens (tertiary/aromatic N) is 2. The molecule has 0 saturated carbocycles. The number of furan rings is 1. The smallest absolute Gasteiger partial charge is 0.188 e. The van der Waals surface area contributed by atoms with E-state index in [9.17, 15) is 4.39 Å². The van der Waals surface area contributed by atoms with Crippen LogP contribution in [0.4, 0.5) is 10.2 Å². The highest BCUT2D eigenvalue weighted by atomic mass is 19.1. The van der Waals surface area contributed by atoms with Crippen LogP contribution in [0.1, 0.15) is 11.5 Å². The molecule has 0 radical (unpaired) electrons. The number of nitrogens with two attached hydrogens (primary N) is 1. The summed E-state index contributed by atoms with van der Waals surface area (Å²) in [4.78, 5) is 0. The molecule has 2 rings (SSSR count). The van der Waals surface area contributed by atoms with Crippen LogP contribution in [0.15, 0.2) is 22.8 Å². The lowest BCUT2D eigenvalue weighted by molar-refractivity contribution is 0.504. The summed E-state index contributed by atoms with van der Waals surface area (Å²) in [5.74, 6) is 0.465. The van der Waals surface area contributed by atoms with Gasteiger partial charge in [-0.2, -0.15) is 5.10 Å². The third-order valence-corrected chi connectivity index (χ3v) is 2.29. The molecule has 5 heteroatoms. The van der Waals surface area contributed by atoms with Gasteiger partial charge in [-0.25, -0.2) is 4.39 Å². The van der Waals surface area contributed by atoms with Crippen molar-refractivity contribution in [2.75, 3.05) is 5.73 Å². The maximum absolute atomic E-state index is 13.4. The van der Waals surface area contributed by atoms with E-state index >= 15 is 0 Å². The summed E-state index contributed by atoms with van der Waals surface area (Å²) in [6.45, 7) is 0. The molecule has 0 fully saturated rings. The number of hydrogen-bond donors (Lipinski definition) is 1. The molecule has 0 aromatic carbocycles. The maximum atomic E-state index is 13.4. The molecule has 0 saturated heterocycles. The topological polar surface area (TPSA) is 57.0 Å². The molecule has 2 aromatic rings. The first-order valence-electron chi connectivity index (χ1n) is 4.67. The lowest BCUT2D eigenvalue weighted by Crippen LogP contribution is -1.98. The minimum Gasteiger partial charge on any atom is -0.469 e. The summed E-state index contributed by atoms with van der Waals surface area (Å²) in [6.07, 6.45) is 2.71. The molecule has 0 bridgehead atoms. The summed E-state index contributed by atoms with van der Waals surface area (Å²) in [5, 5.41) is 3.98. The molecule has 0 aliphatic rings. The quantitative estimate of drug-likeness (QED) is 0.833. The first-order chi connectivity index (χ1) is 7.18. The van der Waals surface area contributed by atoms with Crippen molar-refractivity contribution >= 4 is 5.82 Å². The Labute approximate surface area is 86.5 Å². The molecule has 2 aromatic heterocycles. The lowest BCUT2D eigenvalue weighted by atomic mass is 10.2. The average Bonchev–Trinajstić information content (AvgIpc) is 2.80. The molecule has 4 nitrogen and oxygen atoms in total. The monoisotopic (exact) mass is 209 g/mol. The fourth-order valence-corrected chi connectivity index (χ4v) is 1.42. The van der Waals surface area contributed by atoms with E-state index in [-0.39, 0.29) is 5.82 Å². The number of aromatic nitrogens is 2. The Morgan fingerprint density at radius 1 is 1.53 bits per heavy atom. The molecule has 0 atom stereocenters. The van der Waals surface area contributed by atoms with E-state index in [4.69, 9.17) is 10.2 Å². The Morgan fingerprint density at radius 2 is 2.33 bits per heavy atom. The molecule has 2 N–H and O–H groups in total. The van der Waals surface area contributed by atoms with Gasteiger partial charge in [0.05, 0.1) is 6.26 Å². The number of nitrogen functional groups attached to an aromatic ring is 1. The Bertz CT molecular complexity index is 447. The van der Waals surface area contributed by atoms with Crippen molar-refractivity contribution in [3.8, 4) is 0 Å². The van der Waals surface area contributed by atoms with Crippen LogP contribution >= 0.6 is 0 Å². The second-order valence-electron chi connectivity index (χ2n) is 3.35. The number of anilines is 1.